The van der Waals surface area contributed by atoms with Crippen LogP contribution in [-0.4, -0.2) is 24.7 Å². The van der Waals surface area contributed by atoms with Crippen molar-refractivity contribution in [3.05, 3.63) is 50.6 Å². The Hall–Kier alpha value is -1.33. The maximum atomic E-state index is 10.9. The van der Waals surface area contributed by atoms with Gasteiger partial charge in [0.25, 0.3) is 0 Å². The number of benzene rings is 1. The lowest BCUT2D eigenvalue weighted by molar-refractivity contribution is 0.0696. The molecule has 3 nitrogen and oxygen atoms in total. The first kappa shape index (κ1) is 14.1. The van der Waals surface area contributed by atoms with Crippen LogP contribution in [0.3, 0.4) is 0 Å². The number of carboxylic acids is 1. The Labute approximate surface area is 124 Å². The first-order valence-electron chi connectivity index (χ1n) is 5.84. The number of halogens is 1. The summed E-state index contributed by atoms with van der Waals surface area (Å²) < 4.78 is 0.612. The van der Waals surface area contributed by atoms with Gasteiger partial charge in [0.15, 0.2) is 0 Å². The molecule has 0 bridgehead atoms. The van der Waals surface area contributed by atoms with Crippen LogP contribution in [-0.2, 0) is 6.42 Å². The summed E-state index contributed by atoms with van der Waals surface area (Å²) in [5, 5.41) is 11.1. The van der Waals surface area contributed by atoms with E-state index in [-0.39, 0.29) is 5.56 Å². The number of nitrogens with zero attached hydrogens (tertiary/aromatic N) is 1. The number of thiophene rings is 1. The van der Waals surface area contributed by atoms with Gasteiger partial charge < -0.3 is 10.0 Å². The number of carboxylic acid groups (broad SMARTS) is 1. The third-order valence-electron chi connectivity index (χ3n) is 2.90. The molecule has 0 unspecified atom stereocenters. The summed E-state index contributed by atoms with van der Waals surface area (Å²) >= 11 is 5.06. The molecule has 100 valence electrons. The molecule has 0 aliphatic heterocycles. The number of anilines is 1. The van der Waals surface area contributed by atoms with Gasteiger partial charge in [-0.2, -0.15) is 0 Å². The van der Waals surface area contributed by atoms with E-state index in [0.717, 1.165) is 18.7 Å². The van der Waals surface area contributed by atoms with Crippen molar-refractivity contribution in [3.63, 3.8) is 0 Å². The molecular formula is C14H14BrNO2S. The Morgan fingerprint density at radius 1 is 1.42 bits per heavy atom. The van der Waals surface area contributed by atoms with Gasteiger partial charge in [-0.3, -0.25) is 0 Å². The highest BCUT2D eigenvalue weighted by atomic mass is 79.9. The standard InChI is InChI=1S/C14H14BrNO2S/c1-16(7-6-11-3-2-8-19-11)10-4-5-12(14(17)18)13(15)9-10/h2-5,8-9H,6-7H2,1H3,(H,17,18). The second kappa shape index (κ2) is 6.21. The lowest BCUT2D eigenvalue weighted by atomic mass is 10.2. The van der Waals surface area contributed by atoms with Gasteiger partial charge in [-0.15, -0.1) is 11.3 Å². The van der Waals surface area contributed by atoms with E-state index in [9.17, 15) is 4.79 Å². The number of rotatable bonds is 5. The average Bonchev–Trinajstić information content (AvgIpc) is 2.88. The fourth-order valence-electron chi connectivity index (χ4n) is 1.78. The van der Waals surface area contributed by atoms with E-state index >= 15 is 0 Å². The highest BCUT2D eigenvalue weighted by Gasteiger charge is 2.10. The lowest BCUT2D eigenvalue weighted by Gasteiger charge is -2.19. The third-order valence-corrected chi connectivity index (χ3v) is 4.49. The monoisotopic (exact) mass is 339 g/mol. The summed E-state index contributed by atoms with van der Waals surface area (Å²) in [5.74, 6) is -0.917. The summed E-state index contributed by atoms with van der Waals surface area (Å²) in [7, 11) is 2.01. The molecule has 0 saturated heterocycles. The molecule has 5 heteroatoms. The predicted octanol–water partition coefficient (Wildman–Crippen LogP) is 3.89. The summed E-state index contributed by atoms with van der Waals surface area (Å²) in [6, 6.07) is 9.49. The molecule has 19 heavy (non-hydrogen) atoms. The van der Waals surface area contributed by atoms with Gasteiger partial charge in [-0.05, 0) is 52.0 Å². The molecule has 2 rings (SSSR count). The van der Waals surface area contributed by atoms with Gasteiger partial charge in [0, 0.05) is 28.6 Å². The Balaban J connectivity index is 2.05. The summed E-state index contributed by atoms with van der Waals surface area (Å²) in [4.78, 5) is 14.4. The molecule has 0 spiro atoms. The largest absolute Gasteiger partial charge is 0.478 e. The van der Waals surface area contributed by atoms with Crippen LogP contribution in [0.2, 0.25) is 0 Å². The number of hydrogen-bond acceptors (Lipinski definition) is 3. The van der Waals surface area contributed by atoms with Gasteiger partial charge in [0.1, 0.15) is 0 Å². The molecule has 0 amide bonds. The number of likely N-dealkylation sites (N-methyl/N-ethyl adjacent to an activating group) is 1. The van der Waals surface area contributed by atoms with Crippen LogP contribution >= 0.6 is 27.3 Å². The molecular weight excluding hydrogens is 326 g/mol. The van der Waals surface area contributed by atoms with Crippen molar-refractivity contribution in [1.82, 2.24) is 0 Å². The number of aromatic carboxylic acids is 1. The van der Waals surface area contributed by atoms with E-state index in [4.69, 9.17) is 5.11 Å². The zero-order valence-corrected chi connectivity index (χ0v) is 12.9. The average molecular weight is 340 g/mol. The van der Waals surface area contributed by atoms with Gasteiger partial charge in [0.05, 0.1) is 5.56 Å². The van der Waals surface area contributed by atoms with Crippen LogP contribution in [0.5, 0.6) is 0 Å². The third kappa shape index (κ3) is 3.58. The van der Waals surface area contributed by atoms with E-state index in [1.165, 1.54) is 4.88 Å². The molecule has 0 atom stereocenters. The normalized spacial score (nSPS) is 10.4. The molecule has 0 fully saturated rings. The molecule has 0 aliphatic carbocycles. The Kier molecular flexibility index (Phi) is 4.61. The van der Waals surface area contributed by atoms with Crippen LogP contribution in [0.4, 0.5) is 5.69 Å². The highest BCUT2D eigenvalue weighted by molar-refractivity contribution is 9.10. The molecule has 0 aliphatic rings. The number of hydrogen-bond donors (Lipinski definition) is 1. The minimum atomic E-state index is -0.917. The minimum absolute atomic E-state index is 0.287. The van der Waals surface area contributed by atoms with Crippen LogP contribution in [0.25, 0.3) is 0 Å². The maximum Gasteiger partial charge on any atom is 0.336 e. The molecule has 1 N–H and O–H groups in total. The Morgan fingerprint density at radius 3 is 2.79 bits per heavy atom. The van der Waals surface area contributed by atoms with Crippen molar-refractivity contribution < 1.29 is 9.90 Å². The zero-order valence-electron chi connectivity index (χ0n) is 10.5. The molecule has 2 aromatic rings. The van der Waals surface area contributed by atoms with E-state index in [0.29, 0.717) is 4.47 Å². The Morgan fingerprint density at radius 2 is 2.21 bits per heavy atom. The summed E-state index contributed by atoms with van der Waals surface area (Å²) in [6.07, 6.45) is 0.993. The smallest absolute Gasteiger partial charge is 0.336 e. The highest BCUT2D eigenvalue weighted by Crippen LogP contribution is 2.24. The van der Waals surface area contributed by atoms with Gasteiger partial charge in [0.2, 0.25) is 0 Å². The van der Waals surface area contributed by atoms with Crippen LogP contribution in [0.1, 0.15) is 15.2 Å². The van der Waals surface area contributed by atoms with Gasteiger partial charge in [-0.1, -0.05) is 6.07 Å². The molecule has 0 radical (unpaired) electrons. The van der Waals surface area contributed by atoms with Crippen LogP contribution in [0.15, 0.2) is 40.2 Å². The van der Waals surface area contributed by atoms with Crippen molar-refractivity contribution in [2.24, 2.45) is 0 Å². The molecule has 1 aromatic heterocycles. The molecule has 1 aromatic carbocycles. The van der Waals surface area contributed by atoms with Crippen molar-refractivity contribution in [1.29, 1.82) is 0 Å². The van der Waals surface area contributed by atoms with E-state index in [2.05, 4.69) is 38.3 Å². The number of carbonyl (C=O) groups is 1. The second-order valence-corrected chi connectivity index (χ2v) is 6.11. The SMILES string of the molecule is CN(CCc1cccs1)c1ccc(C(=O)O)c(Br)c1. The van der Waals surface area contributed by atoms with E-state index < -0.39 is 5.97 Å². The molecule has 0 saturated carbocycles. The topological polar surface area (TPSA) is 40.5 Å². The molecule has 1 heterocycles. The fourth-order valence-corrected chi connectivity index (χ4v) is 3.01. The summed E-state index contributed by atoms with van der Waals surface area (Å²) in [6.45, 7) is 0.902. The van der Waals surface area contributed by atoms with Crippen LogP contribution < -0.4 is 4.90 Å². The fraction of sp³-hybridized carbons (Fsp3) is 0.214. The second-order valence-electron chi connectivity index (χ2n) is 4.22. The first-order chi connectivity index (χ1) is 9.08. The van der Waals surface area contributed by atoms with Crippen molar-refractivity contribution in [2.75, 3.05) is 18.5 Å². The van der Waals surface area contributed by atoms with Gasteiger partial charge in [-0.25, -0.2) is 4.79 Å². The van der Waals surface area contributed by atoms with Crippen molar-refractivity contribution >= 4 is 38.9 Å². The van der Waals surface area contributed by atoms with Gasteiger partial charge >= 0.3 is 5.97 Å². The maximum absolute atomic E-state index is 10.9. The quantitative estimate of drug-likeness (QED) is 0.898. The van der Waals surface area contributed by atoms with E-state index in [1.54, 1.807) is 17.4 Å². The van der Waals surface area contributed by atoms with E-state index in [1.807, 2.05) is 19.2 Å². The summed E-state index contributed by atoms with van der Waals surface area (Å²) in [5.41, 5.74) is 1.30. The predicted molar refractivity (Wildman–Crippen MR) is 82.4 cm³/mol. The van der Waals surface area contributed by atoms with Crippen LogP contribution in [0, 0.1) is 0 Å². The zero-order chi connectivity index (χ0) is 13.8. The minimum Gasteiger partial charge on any atom is -0.478 e. The lowest BCUT2D eigenvalue weighted by Crippen LogP contribution is -2.20. The van der Waals surface area contributed by atoms with Crippen molar-refractivity contribution in [2.45, 2.75) is 6.42 Å². The van der Waals surface area contributed by atoms with Crippen molar-refractivity contribution in [3.8, 4) is 0 Å². The Bertz CT molecular complexity index is 569. The first-order valence-corrected chi connectivity index (χ1v) is 7.51.